The van der Waals surface area contributed by atoms with Gasteiger partial charge in [0.1, 0.15) is 0 Å². The Morgan fingerprint density at radius 1 is 1.53 bits per heavy atom. The Labute approximate surface area is 108 Å². The summed E-state index contributed by atoms with van der Waals surface area (Å²) >= 11 is 2.90. The molecular formula is C12H13BrN2O2. The van der Waals surface area contributed by atoms with Crippen LogP contribution in [0.5, 0.6) is 0 Å². The monoisotopic (exact) mass is 296 g/mol. The lowest BCUT2D eigenvalue weighted by molar-refractivity contribution is -0.117. The van der Waals surface area contributed by atoms with Crippen molar-refractivity contribution in [1.82, 2.24) is 4.90 Å². The van der Waals surface area contributed by atoms with E-state index >= 15 is 0 Å². The van der Waals surface area contributed by atoms with Crippen LogP contribution >= 0.6 is 15.9 Å². The lowest BCUT2D eigenvalue weighted by Crippen LogP contribution is -2.20. The molecule has 1 aliphatic rings. The average Bonchev–Trinajstić information content (AvgIpc) is 2.54. The van der Waals surface area contributed by atoms with Crippen LogP contribution in [-0.4, -0.2) is 29.7 Å². The van der Waals surface area contributed by atoms with E-state index in [1.807, 2.05) is 18.2 Å². The summed E-state index contributed by atoms with van der Waals surface area (Å²) in [6.45, 7) is 0.537. The molecule has 0 bridgehead atoms. The molecule has 2 rings (SSSR count). The molecule has 0 radical (unpaired) electrons. The zero-order chi connectivity index (χ0) is 12.6. The summed E-state index contributed by atoms with van der Waals surface area (Å²) < 4.78 is 0. The van der Waals surface area contributed by atoms with Gasteiger partial charge < -0.3 is 9.80 Å². The molecule has 0 aliphatic carbocycles. The van der Waals surface area contributed by atoms with E-state index in [4.69, 9.17) is 0 Å². The summed E-state index contributed by atoms with van der Waals surface area (Å²) in [4.78, 5) is 25.7. The second-order valence-corrected chi connectivity index (χ2v) is 4.88. The number of hydrogen-bond acceptors (Lipinski definition) is 2. The number of carbonyl (C=O) groups excluding carboxylic acids is 2. The predicted molar refractivity (Wildman–Crippen MR) is 69.3 cm³/mol. The number of rotatable bonds is 2. The highest BCUT2D eigenvalue weighted by molar-refractivity contribution is 9.18. The van der Waals surface area contributed by atoms with Crippen LogP contribution in [0.2, 0.25) is 0 Å². The van der Waals surface area contributed by atoms with Gasteiger partial charge in [0.2, 0.25) is 5.91 Å². The first-order chi connectivity index (χ1) is 7.99. The van der Waals surface area contributed by atoms with Crippen molar-refractivity contribution in [2.24, 2.45) is 0 Å². The van der Waals surface area contributed by atoms with Crippen LogP contribution in [0, 0.1) is 0 Å². The minimum atomic E-state index is -0.147. The maximum Gasteiger partial charge on any atom is 0.289 e. The van der Waals surface area contributed by atoms with Crippen molar-refractivity contribution < 1.29 is 9.59 Å². The fraction of sp³-hybridized carbons (Fsp3) is 0.333. The molecule has 2 amide bonds. The van der Waals surface area contributed by atoms with Crippen LogP contribution in [0.15, 0.2) is 18.2 Å². The Bertz CT molecular complexity index is 487. The fourth-order valence-electron chi connectivity index (χ4n) is 1.96. The molecule has 0 fully saturated rings. The highest BCUT2D eigenvalue weighted by atomic mass is 79.9. The summed E-state index contributed by atoms with van der Waals surface area (Å²) in [6, 6.07) is 5.87. The minimum absolute atomic E-state index is 0.113. The van der Waals surface area contributed by atoms with E-state index in [1.54, 1.807) is 23.9 Å². The quantitative estimate of drug-likeness (QED) is 0.620. The molecule has 17 heavy (non-hydrogen) atoms. The minimum Gasteiger partial charge on any atom is -0.332 e. The third kappa shape index (κ3) is 2.34. The largest absolute Gasteiger partial charge is 0.332 e. The van der Waals surface area contributed by atoms with Gasteiger partial charge in [0.05, 0.1) is 6.42 Å². The molecule has 0 saturated carbocycles. The smallest absolute Gasteiger partial charge is 0.289 e. The van der Waals surface area contributed by atoms with Crippen LogP contribution < -0.4 is 4.90 Å². The molecule has 0 N–H and O–H groups in total. The SMILES string of the molecule is CN(Cc1ccc2c(c1)CC(=O)N2C)C(=O)Br. The van der Waals surface area contributed by atoms with Crippen molar-refractivity contribution in [1.29, 1.82) is 0 Å². The van der Waals surface area contributed by atoms with Gasteiger partial charge in [-0.1, -0.05) is 12.1 Å². The molecule has 1 aromatic rings. The number of amides is 2. The second-order valence-electron chi connectivity index (χ2n) is 4.20. The summed E-state index contributed by atoms with van der Waals surface area (Å²) in [5, 5.41) is 0. The van der Waals surface area contributed by atoms with Gasteiger partial charge in [-0.15, -0.1) is 0 Å². The van der Waals surface area contributed by atoms with Crippen LogP contribution in [0.3, 0.4) is 0 Å². The summed E-state index contributed by atoms with van der Waals surface area (Å²) in [6.07, 6.45) is 0.450. The Morgan fingerprint density at radius 2 is 2.24 bits per heavy atom. The van der Waals surface area contributed by atoms with Crippen molar-refractivity contribution >= 4 is 32.3 Å². The first kappa shape index (κ1) is 12.1. The van der Waals surface area contributed by atoms with Gasteiger partial charge in [-0.25, -0.2) is 0 Å². The van der Waals surface area contributed by atoms with Crippen molar-refractivity contribution in [2.45, 2.75) is 13.0 Å². The van der Waals surface area contributed by atoms with E-state index in [9.17, 15) is 9.59 Å². The topological polar surface area (TPSA) is 40.6 Å². The third-order valence-corrected chi connectivity index (χ3v) is 3.55. The van der Waals surface area contributed by atoms with E-state index < -0.39 is 0 Å². The van der Waals surface area contributed by atoms with Crippen molar-refractivity contribution in [2.75, 3.05) is 19.0 Å². The standard InChI is InChI=1S/C12H13BrN2O2/c1-14(12(13)17)7-8-3-4-10-9(5-8)6-11(16)15(10)2/h3-5H,6-7H2,1-2H3. The average molecular weight is 297 g/mol. The molecule has 90 valence electrons. The van der Waals surface area contributed by atoms with E-state index in [2.05, 4.69) is 15.9 Å². The van der Waals surface area contributed by atoms with Crippen molar-refractivity contribution in [3.8, 4) is 0 Å². The normalized spacial score (nSPS) is 13.8. The van der Waals surface area contributed by atoms with E-state index in [1.165, 1.54) is 0 Å². The van der Waals surface area contributed by atoms with Crippen LogP contribution in [-0.2, 0) is 17.8 Å². The predicted octanol–water partition coefficient (Wildman–Crippen LogP) is 2.15. The molecule has 0 aromatic heterocycles. The number of halogens is 1. The maximum absolute atomic E-state index is 11.5. The maximum atomic E-state index is 11.5. The molecular weight excluding hydrogens is 284 g/mol. The van der Waals surface area contributed by atoms with Gasteiger partial charge in [-0.3, -0.25) is 9.59 Å². The van der Waals surface area contributed by atoms with E-state index in [0.29, 0.717) is 13.0 Å². The number of fused-ring (bicyclic) bond motifs is 1. The highest BCUT2D eigenvalue weighted by Gasteiger charge is 2.23. The molecule has 0 spiro atoms. The van der Waals surface area contributed by atoms with Gasteiger partial charge in [0, 0.05) is 42.3 Å². The number of likely N-dealkylation sites (N-methyl/N-ethyl adjacent to an activating group) is 1. The molecule has 0 saturated heterocycles. The van der Waals surface area contributed by atoms with Gasteiger partial charge in [0.25, 0.3) is 4.82 Å². The molecule has 1 aromatic carbocycles. The van der Waals surface area contributed by atoms with Gasteiger partial charge in [0.15, 0.2) is 0 Å². The molecule has 1 aliphatic heterocycles. The number of nitrogens with zero attached hydrogens (tertiary/aromatic N) is 2. The van der Waals surface area contributed by atoms with Crippen molar-refractivity contribution in [3.05, 3.63) is 29.3 Å². The first-order valence-electron chi connectivity index (χ1n) is 5.28. The van der Waals surface area contributed by atoms with Crippen LogP contribution in [0.1, 0.15) is 11.1 Å². The van der Waals surface area contributed by atoms with Crippen LogP contribution in [0.4, 0.5) is 10.5 Å². The molecule has 1 heterocycles. The molecule has 4 nitrogen and oxygen atoms in total. The number of benzene rings is 1. The molecule has 0 atom stereocenters. The zero-order valence-corrected chi connectivity index (χ0v) is 11.3. The van der Waals surface area contributed by atoms with Gasteiger partial charge in [-0.05, 0) is 17.2 Å². The lowest BCUT2D eigenvalue weighted by Gasteiger charge is -2.15. The van der Waals surface area contributed by atoms with E-state index in [0.717, 1.165) is 16.8 Å². The van der Waals surface area contributed by atoms with Gasteiger partial charge in [-0.2, -0.15) is 0 Å². The number of carbonyl (C=O) groups is 2. The zero-order valence-electron chi connectivity index (χ0n) is 9.74. The van der Waals surface area contributed by atoms with Crippen LogP contribution in [0.25, 0.3) is 0 Å². The fourth-order valence-corrected chi connectivity index (χ4v) is 2.08. The van der Waals surface area contributed by atoms with Gasteiger partial charge >= 0.3 is 0 Å². The summed E-state index contributed by atoms with van der Waals surface area (Å²) in [5.74, 6) is 0.113. The highest BCUT2D eigenvalue weighted by Crippen LogP contribution is 2.28. The number of anilines is 1. The van der Waals surface area contributed by atoms with E-state index in [-0.39, 0.29) is 10.7 Å². The molecule has 0 unspecified atom stereocenters. The number of hydrogen-bond donors (Lipinski definition) is 0. The Hall–Kier alpha value is -1.36. The van der Waals surface area contributed by atoms with Crippen molar-refractivity contribution in [3.63, 3.8) is 0 Å². The lowest BCUT2D eigenvalue weighted by atomic mass is 10.1. The summed E-state index contributed by atoms with van der Waals surface area (Å²) in [5.41, 5.74) is 3.03. The Kier molecular flexibility index (Phi) is 3.19. The third-order valence-electron chi connectivity index (χ3n) is 2.94. The second kappa shape index (κ2) is 4.49. The Balaban J connectivity index is 2.21. The first-order valence-corrected chi connectivity index (χ1v) is 6.07. The summed E-state index contributed by atoms with van der Waals surface area (Å²) in [7, 11) is 3.50. The Morgan fingerprint density at radius 3 is 2.88 bits per heavy atom. The molecule has 5 heteroatoms.